The Morgan fingerprint density at radius 1 is 0.686 bits per heavy atom. The van der Waals surface area contributed by atoms with E-state index in [4.69, 9.17) is 0 Å². The molecule has 0 aromatic heterocycles. The number of rotatable bonds is 8. The van der Waals surface area contributed by atoms with Gasteiger partial charge >= 0.3 is 0 Å². The van der Waals surface area contributed by atoms with Crippen LogP contribution in [0.25, 0.3) is 50.4 Å². The molecule has 0 spiro atoms. The minimum absolute atomic E-state index is 0.273. The molecule has 1 unspecified atom stereocenters. The molecule has 1 aliphatic carbocycles. The summed E-state index contributed by atoms with van der Waals surface area (Å²) in [5.74, 6) is 0.273. The Morgan fingerprint density at radius 2 is 1.49 bits per heavy atom. The SMILES string of the molecule is Cc1ccccc1/C=C\C(C)c1cccc(/C(=C/Cc2ccc3ccccc3c2)c2cc(-c3cc4ccccc4c4c3C=CCC4)ccc2C)c1. The Labute approximate surface area is 303 Å². The second-order valence-electron chi connectivity index (χ2n) is 14.1. The molecule has 0 heteroatoms. The van der Waals surface area contributed by atoms with Gasteiger partial charge in [-0.2, -0.15) is 0 Å². The summed E-state index contributed by atoms with van der Waals surface area (Å²) >= 11 is 0. The standard InChI is InChI=1S/C51H44/c1-35-13-4-5-14-39(35)27-23-36(2)41-18-12-19-43(32-41)47(30-26-38-25-29-40-15-6-7-16-42(40)31-38)50-33-45(28-24-37(50)3)51-34-44-17-8-9-20-46(44)48-21-10-11-22-49(48)51/h4-9,11-20,22-25,27-34,36H,10,21,26H2,1-3H3/b27-23-,47-30-. The van der Waals surface area contributed by atoms with E-state index in [1.807, 2.05) is 0 Å². The van der Waals surface area contributed by atoms with Gasteiger partial charge in [0.15, 0.2) is 0 Å². The fourth-order valence-corrected chi connectivity index (χ4v) is 7.74. The van der Waals surface area contributed by atoms with Crippen molar-refractivity contribution >= 4 is 39.3 Å². The number of hydrogen-bond donors (Lipinski definition) is 0. The number of aryl methyl sites for hydroxylation is 3. The molecule has 0 amide bonds. The molecule has 0 saturated carbocycles. The van der Waals surface area contributed by atoms with E-state index in [2.05, 4.69) is 191 Å². The maximum Gasteiger partial charge on any atom is -0.000689 e. The van der Waals surface area contributed by atoms with Crippen LogP contribution in [-0.2, 0) is 12.8 Å². The lowest BCUT2D eigenvalue weighted by Gasteiger charge is -2.20. The summed E-state index contributed by atoms with van der Waals surface area (Å²) in [7, 11) is 0. The molecule has 0 N–H and O–H groups in total. The van der Waals surface area contributed by atoms with Crippen LogP contribution in [-0.4, -0.2) is 0 Å². The molecule has 7 aromatic carbocycles. The molecule has 0 aliphatic heterocycles. The van der Waals surface area contributed by atoms with Crippen LogP contribution in [0.5, 0.6) is 0 Å². The van der Waals surface area contributed by atoms with E-state index in [9.17, 15) is 0 Å². The van der Waals surface area contributed by atoms with Gasteiger partial charge in [0.05, 0.1) is 0 Å². The van der Waals surface area contributed by atoms with Crippen molar-refractivity contribution in [3.05, 3.63) is 208 Å². The molecule has 0 saturated heterocycles. The Morgan fingerprint density at radius 3 is 2.37 bits per heavy atom. The Kier molecular flexibility index (Phi) is 9.08. The Bertz CT molecular complexity index is 2480. The van der Waals surface area contributed by atoms with Crippen molar-refractivity contribution in [3.63, 3.8) is 0 Å². The molecular weight excluding hydrogens is 613 g/mol. The second-order valence-corrected chi connectivity index (χ2v) is 14.1. The van der Waals surface area contributed by atoms with Gasteiger partial charge in [0.1, 0.15) is 0 Å². The highest BCUT2D eigenvalue weighted by molar-refractivity contribution is 5.97. The van der Waals surface area contributed by atoms with Gasteiger partial charge in [-0.3, -0.25) is 0 Å². The normalized spacial score (nSPS) is 13.6. The topological polar surface area (TPSA) is 0 Å². The minimum Gasteiger partial charge on any atom is -0.0836 e. The van der Waals surface area contributed by atoms with Crippen molar-refractivity contribution in [3.8, 4) is 11.1 Å². The van der Waals surface area contributed by atoms with Gasteiger partial charge in [0.25, 0.3) is 0 Å². The fraction of sp³-hybridized carbons (Fsp3) is 0.137. The molecular formula is C51H44. The molecule has 1 aliphatic rings. The average molecular weight is 657 g/mol. The smallest absolute Gasteiger partial charge is 0.000689 e. The van der Waals surface area contributed by atoms with Crippen molar-refractivity contribution < 1.29 is 0 Å². The summed E-state index contributed by atoms with van der Waals surface area (Å²) in [4.78, 5) is 0. The van der Waals surface area contributed by atoms with E-state index < -0.39 is 0 Å². The van der Waals surface area contributed by atoms with E-state index in [-0.39, 0.29) is 5.92 Å². The first-order valence-electron chi connectivity index (χ1n) is 18.4. The Hall–Kier alpha value is -5.72. The first kappa shape index (κ1) is 32.5. The van der Waals surface area contributed by atoms with Gasteiger partial charge in [0, 0.05) is 0 Å². The lowest BCUT2D eigenvalue weighted by molar-refractivity contribution is 0.971. The van der Waals surface area contributed by atoms with E-state index in [1.165, 1.54) is 88.3 Å². The fourth-order valence-electron chi connectivity index (χ4n) is 7.74. The number of benzene rings is 7. The second kappa shape index (κ2) is 14.3. The van der Waals surface area contributed by atoms with Crippen molar-refractivity contribution in [2.24, 2.45) is 0 Å². The molecule has 248 valence electrons. The number of fused-ring (bicyclic) bond motifs is 4. The van der Waals surface area contributed by atoms with Gasteiger partial charge < -0.3 is 0 Å². The third-order valence-electron chi connectivity index (χ3n) is 10.7. The molecule has 51 heavy (non-hydrogen) atoms. The molecule has 0 nitrogen and oxygen atoms in total. The van der Waals surface area contributed by atoms with Crippen LogP contribution >= 0.6 is 0 Å². The van der Waals surface area contributed by atoms with E-state index in [0.29, 0.717) is 0 Å². The zero-order chi connectivity index (χ0) is 34.7. The van der Waals surface area contributed by atoms with Crippen LogP contribution < -0.4 is 0 Å². The van der Waals surface area contributed by atoms with E-state index >= 15 is 0 Å². The monoisotopic (exact) mass is 656 g/mol. The molecule has 8 rings (SSSR count). The highest BCUT2D eigenvalue weighted by Crippen LogP contribution is 2.39. The van der Waals surface area contributed by atoms with Gasteiger partial charge in [-0.1, -0.05) is 165 Å². The summed E-state index contributed by atoms with van der Waals surface area (Å²) in [6.45, 7) is 6.74. The van der Waals surface area contributed by atoms with Gasteiger partial charge in [-0.05, 0) is 139 Å². The largest absolute Gasteiger partial charge is 0.0836 e. The summed E-state index contributed by atoms with van der Waals surface area (Å²) in [5, 5.41) is 5.26. The third kappa shape index (κ3) is 6.75. The van der Waals surface area contributed by atoms with Gasteiger partial charge in [-0.25, -0.2) is 0 Å². The predicted molar refractivity (Wildman–Crippen MR) is 221 cm³/mol. The molecule has 0 heterocycles. The highest BCUT2D eigenvalue weighted by atomic mass is 14.2. The maximum absolute atomic E-state index is 2.46. The van der Waals surface area contributed by atoms with Crippen LogP contribution in [0.4, 0.5) is 0 Å². The van der Waals surface area contributed by atoms with Gasteiger partial charge in [-0.15, -0.1) is 0 Å². The number of hydrogen-bond acceptors (Lipinski definition) is 0. The number of allylic oxidation sites excluding steroid dienone is 3. The van der Waals surface area contributed by atoms with Gasteiger partial charge in [0.2, 0.25) is 0 Å². The summed E-state index contributed by atoms with van der Waals surface area (Å²) < 4.78 is 0. The van der Waals surface area contributed by atoms with Crippen molar-refractivity contribution in [1.82, 2.24) is 0 Å². The first-order valence-corrected chi connectivity index (χ1v) is 18.4. The van der Waals surface area contributed by atoms with E-state index in [1.54, 1.807) is 0 Å². The lowest BCUT2D eigenvalue weighted by Crippen LogP contribution is -2.00. The zero-order valence-electron chi connectivity index (χ0n) is 29.9. The first-order chi connectivity index (χ1) is 25.0. The third-order valence-corrected chi connectivity index (χ3v) is 10.7. The summed E-state index contributed by atoms with van der Waals surface area (Å²) in [5.41, 5.74) is 15.7. The molecule has 1 atom stereocenters. The summed E-state index contributed by atoms with van der Waals surface area (Å²) in [6.07, 6.45) is 14.8. The Balaban J connectivity index is 1.24. The quantitative estimate of drug-likeness (QED) is 0.153. The zero-order valence-corrected chi connectivity index (χ0v) is 29.9. The van der Waals surface area contributed by atoms with E-state index in [0.717, 1.165) is 19.3 Å². The average Bonchev–Trinajstić information content (AvgIpc) is 3.18. The van der Waals surface area contributed by atoms with Crippen LogP contribution in [0.2, 0.25) is 0 Å². The van der Waals surface area contributed by atoms with Crippen LogP contribution in [0.1, 0.15) is 69.3 Å². The predicted octanol–water partition coefficient (Wildman–Crippen LogP) is 13.7. The maximum atomic E-state index is 2.46. The minimum atomic E-state index is 0.273. The van der Waals surface area contributed by atoms with Crippen LogP contribution in [0, 0.1) is 13.8 Å². The highest BCUT2D eigenvalue weighted by Gasteiger charge is 2.18. The van der Waals surface area contributed by atoms with Crippen molar-refractivity contribution in [2.45, 2.75) is 46.0 Å². The molecule has 7 aromatic rings. The molecule has 0 radical (unpaired) electrons. The molecule has 0 fully saturated rings. The molecule has 0 bridgehead atoms. The van der Waals surface area contributed by atoms with Crippen molar-refractivity contribution in [2.75, 3.05) is 0 Å². The van der Waals surface area contributed by atoms with Crippen molar-refractivity contribution in [1.29, 1.82) is 0 Å². The van der Waals surface area contributed by atoms with Crippen LogP contribution in [0.15, 0.2) is 158 Å². The summed E-state index contributed by atoms with van der Waals surface area (Å²) in [6, 6.07) is 51.7. The van der Waals surface area contributed by atoms with Crippen LogP contribution in [0.3, 0.4) is 0 Å². The lowest BCUT2D eigenvalue weighted by atomic mass is 9.84.